The maximum absolute atomic E-state index is 12.0. The first kappa shape index (κ1) is 13.5. The molecule has 0 bridgehead atoms. The van der Waals surface area contributed by atoms with Gasteiger partial charge >= 0.3 is 0 Å². The maximum atomic E-state index is 12.0. The highest BCUT2D eigenvalue weighted by Crippen LogP contribution is 2.22. The lowest BCUT2D eigenvalue weighted by molar-refractivity contribution is 0.594. The third kappa shape index (κ3) is 2.57. The Bertz CT molecular complexity index is 990. The summed E-state index contributed by atoms with van der Waals surface area (Å²) in [5.74, 6) is 0.101. The first-order chi connectivity index (χ1) is 9.95. The molecule has 0 unspecified atom stereocenters. The molecular weight excluding hydrogens is 290 g/mol. The Hall–Kier alpha value is -2.47. The molecule has 21 heavy (non-hydrogen) atoms. The topological polar surface area (TPSA) is 77.2 Å². The van der Waals surface area contributed by atoms with Gasteiger partial charge in [-0.05, 0) is 30.3 Å². The molecular formula is C15H11NO4S. The molecule has 0 N–H and O–H groups in total. The average molecular weight is 301 g/mol. The second-order valence-corrected chi connectivity index (χ2v) is 6.64. The summed E-state index contributed by atoms with van der Waals surface area (Å²) >= 11 is 0. The fraction of sp³-hybridized carbons (Fsp3) is 0.0667. The van der Waals surface area contributed by atoms with Crippen molar-refractivity contribution in [3.63, 3.8) is 0 Å². The van der Waals surface area contributed by atoms with Crippen molar-refractivity contribution in [3.05, 3.63) is 58.9 Å². The van der Waals surface area contributed by atoms with Gasteiger partial charge in [-0.1, -0.05) is 18.2 Å². The van der Waals surface area contributed by atoms with Crippen LogP contribution in [-0.2, 0) is 9.84 Å². The molecule has 2 aromatic carbocycles. The Labute approximate surface area is 120 Å². The summed E-state index contributed by atoms with van der Waals surface area (Å²) in [5.41, 5.74) is 0.453. The van der Waals surface area contributed by atoms with Gasteiger partial charge in [-0.3, -0.25) is 4.79 Å². The van der Waals surface area contributed by atoms with E-state index in [1.165, 1.54) is 12.1 Å². The summed E-state index contributed by atoms with van der Waals surface area (Å²) in [4.78, 5) is 16.0. The molecule has 3 aromatic rings. The number of para-hydroxylation sites is 1. The van der Waals surface area contributed by atoms with E-state index in [4.69, 9.17) is 4.42 Å². The van der Waals surface area contributed by atoms with Gasteiger partial charge in [0, 0.05) is 11.8 Å². The predicted octanol–water partition coefficient (Wildman–Crippen LogP) is 2.26. The van der Waals surface area contributed by atoms with Crippen molar-refractivity contribution in [1.82, 2.24) is 4.98 Å². The number of aromatic nitrogens is 1. The first-order valence-corrected chi connectivity index (χ1v) is 8.05. The van der Waals surface area contributed by atoms with E-state index in [0.717, 1.165) is 6.26 Å². The molecule has 0 aliphatic rings. The molecule has 1 aromatic heterocycles. The fourth-order valence-corrected chi connectivity index (χ4v) is 2.66. The van der Waals surface area contributed by atoms with Crippen molar-refractivity contribution < 1.29 is 12.8 Å². The van der Waals surface area contributed by atoms with Gasteiger partial charge in [-0.2, -0.15) is 4.98 Å². The lowest BCUT2D eigenvalue weighted by Crippen LogP contribution is -2.07. The molecule has 0 amide bonds. The van der Waals surface area contributed by atoms with Crippen LogP contribution in [0.15, 0.2) is 62.6 Å². The van der Waals surface area contributed by atoms with Crippen molar-refractivity contribution in [2.75, 3.05) is 6.26 Å². The smallest absolute Gasteiger partial charge is 0.284 e. The second kappa shape index (κ2) is 4.82. The molecule has 6 heteroatoms. The van der Waals surface area contributed by atoms with Crippen LogP contribution in [0.25, 0.3) is 22.4 Å². The number of nitrogens with zero attached hydrogens (tertiary/aromatic N) is 1. The summed E-state index contributed by atoms with van der Waals surface area (Å²) in [5, 5.41) is 0.389. The Kier molecular flexibility index (Phi) is 3.10. The van der Waals surface area contributed by atoms with Crippen LogP contribution in [0.4, 0.5) is 0 Å². The molecule has 0 spiro atoms. The SMILES string of the molecule is CS(=O)(=O)c1cccc(-c2nc(=O)c3ccccc3o2)c1. The van der Waals surface area contributed by atoms with Gasteiger partial charge in [-0.25, -0.2) is 8.42 Å². The Morgan fingerprint density at radius 2 is 1.81 bits per heavy atom. The van der Waals surface area contributed by atoms with E-state index in [-0.39, 0.29) is 10.8 Å². The van der Waals surface area contributed by atoms with E-state index in [1.807, 2.05) is 0 Å². The molecule has 3 rings (SSSR count). The third-order valence-corrected chi connectivity index (χ3v) is 4.15. The van der Waals surface area contributed by atoms with E-state index in [0.29, 0.717) is 16.5 Å². The summed E-state index contributed by atoms with van der Waals surface area (Å²) in [6, 6.07) is 12.9. The van der Waals surface area contributed by atoms with Crippen LogP contribution in [0.3, 0.4) is 0 Å². The summed E-state index contributed by atoms with van der Waals surface area (Å²) in [6.07, 6.45) is 1.12. The number of hydrogen-bond acceptors (Lipinski definition) is 5. The van der Waals surface area contributed by atoms with Crippen molar-refractivity contribution in [1.29, 1.82) is 0 Å². The maximum Gasteiger partial charge on any atom is 0.284 e. The largest absolute Gasteiger partial charge is 0.437 e. The molecule has 0 saturated heterocycles. The molecule has 0 aliphatic carbocycles. The molecule has 0 fully saturated rings. The number of sulfone groups is 1. The van der Waals surface area contributed by atoms with Gasteiger partial charge < -0.3 is 4.42 Å². The van der Waals surface area contributed by atoms with Crippen molar-refractivity contribution in [2.45, 2.75) is 4.90 Å². The quantitative estimate of drug-likeness (QED) is 0.725. The zero-order chi connectivity index (χ0) is 15.0. The van der Waals surface area contributed by atoms with Crippen LogP contribution in [0, 0.1) is 0 Å². The normalized spacial score (nSPS) is 11.7. The van der Waals surface area contributed by atoms with Crippen molar-refractivity contribution >= 4 is 20.8 Å². The average Bonchev–Trinajstić information content (AvgIpc) is 2.46. The lowest BCUT2D eigenvalue weighted by atomic mass is 10.2. The van der Waals surface area contributed by atoms with Crippen LogP contribution in [0.5, 0.6) is 0 Å². The lowest BCUT2D eigenvalue weighted by Gasteiger charge is -2.04. The third-order valence-electron chi connectivity index (χ3n) is 3.04. The molecule has 1 heterocycles. The van der Waals surface area contributed by atoms with Crippen LogP contribution >= 0.6 is 0 Å². The number of hydrogen-bond donors (Lipinski definition) is 0. The molecule has 0 aliphatic heterocycles. The number of fused-ring (bicyclic) bond motifs is 1. The Morgan fingerprint density at radius 1 is 1.05 bits per heavy atom. The minimum absolute atomic E-state index is 0.101. The Balaban J connectivity index is 2.24. The molecule has 0 atom stereocenters. The number of benzene rings is 2. The highest BCUT2D eigenvalue weighted by atomic mass is 32.2. The van der Waals surface area contributed by atoms with E-state index in [1.54, 1.807) is 36.4 Å². The predicted molar refractivity (Wildman–Crippen MR) is 78.8 cm³/mol. The summed E-state index contributed by atoms with van der Waals surface area (Å²) in [7, 11) is -3.33. The minimum atomic E-state index is -3.33. The summed E-state index contributed by atoms with van der Waals surface area (Å²) in [6.45, 7) is 0. The van der Waals surface area contributed by atoms with Crippen molar-refractivity contribution in [2.24, 2.45) is 0 Å². The van der Waals surface area contributed by atoms with Gasteiger partial charge in [-0.15, -0.1) is 0 Å². The zero-order valence-electron chi connectivity index (χ0n) is 11.1. The molecule has 0 saturated carbocycles. The molecule has 106 valence electrons. The Morgan fingerprint density at radius 3 is 2.57 bits per heavy atom. The zero-order valence-corrected chi connectivity index (χ0v) is 11.9. The monoisotopic (exact) mass is 301 g/mol. The highest BCUT2D eigenvalue weighted by molar-refractivity contribution is 7.90. The van der Waals surface area contributed by atoms with E-state index < -0.39 is 15.4 Å². The highest BCUT2D eigenvalue weighted by Gasteiger charge is 2.12. The van der Waals surface area contributed by atoms with Crippen LogP contribution in [0.1, 0.15) is 0 Å². The standard InChI is InChI=1S/C15H11NO4S/c1-21(18,19)11-6-4-5-10(9-11)15-16-14(17)12-7-2-3-8-13(12)20-15/h2-9H,1H3. The van der Waals surface area contributed by atoms with Gasteiger partial charge in [0.1, 0.15) is 5.58 Å². The van der Waals surface area contributed by atoms with Crippen molar-refractivity contribution in [3.8, 4) is 11.5 Å². The second-order valence-electron chi connectivity index (χ2n) is 4.62. The van der Waals surface area contributed by atoms with E-state index >= 15 is 0 Å². The molecule has 5 nitrogen and oxygen atoms in total. The summed E-state index contributed by atoms with van der Waals surface area (Å²) < 4.78 is 28.8. The van der Waals surface area contributed by atoms with E-state index in [9.17, 15) is 13.2 Å². The van der Waals surface area contributed by atoms with Gasteiger partial charge in [0.15, 0.2) is 9.84 Å². The van der Waals surface area contributed by atoms with Gasteiger partial charge in [0.25, 0.3) is 5.56 Å². The van der Waals surface area contributed by atoms with Gasteiger partial charge in [0.05, 0.1) is 10.3 Å². The van der Waals surface area contributed by atoms with Gasteiger partial charge in [0.2, 0.25) is 5.89 Å². The van der Waals surface area contributed by atoms with E-state index in [2.05, 4.69) is 4.98 Å². The minimum Gasteiger partial charge on any atom is -0.437 e. The first-order valence-electron chi connectivity index (χ1n) is 6.15. The van der Waals surface area contributed by atoms with Crippen LogP contribution in [-0.4, -0.2) is 19.7 Å². The molecule has 0 radical (unpaired) electrons. The fourth-order valence-electron chi connectivity index (χ4n) is 1.99. The van der Waals surface area contributed by atoms with Crippen LogP contribution in [0.2, 0.25) is 0 Å². The number of rotatable bonds is 2. The van der Waals surface area contributed by atoms with Crippen LogP contribution < -0.4 is 5.56 Å².